The Kier molecular flexibility index (Phi) is 5.59. The Morgan fingerprint density at radius 1 is 1.48 bits per heavy atom. The molecule has 1 fully saturated rings. The average molecular weight is 293 g/mol. The number of anilines is 1. The fourth-order valence-electron chi connectivity index (χ4n) is 3.20. The maximum atomic E-state index is 14.4. The predicted molar refractivity (Wildman–Crippen MR) is 87.4 cm³/mol. The minimum Gasteiger partial charge on any atom is -0.371 e. The van der Waals surface area contributed by atoms with Crippen LogP contribution in [0.5, 0.6) is 0 Å². The number of benzene rings is 1. The molecule has 4 heteroatoms. The van der Waals surface area contributed by atoms with Crippen molar-refractivity contribution >= 4 is 5.69 Å². The van der Waals surface area contributed by atoms with Gasteiger partial charge in [-0.2, -0.15) is 0 Å². The standard InChI is InChI=1S/C17H28FN3/c1-5-21-10-6-7-15(21)12-20(4)17-9-8-14(11-16(17)18)13(2)19-3/h8-9,11,13,15,19H,5-7,10,12H2,1-4H3. The van der Waals surface area contributed by atoms with E-state index in [-0.39, 0.29) is 11.9 Å². The van der Waals surface area contributed by atoms with Crippen molar-refractivity contribution in [3.05, 3.63) is 29.6 Å². The van der Waals surface area contributed by atoms with Gasteiger partial charge >= 0.3 is 0 Å². The Morgan fingerprint density at radius 2 is 2.24 bits per heavy atom. The Morgan fingerprint density at radius 3 is 2.86 bits per heavy atom. The van der Waals surface area contributed by atoms with Gasteiger partial charge in [0.05, 0.1) is 5.69 Å². The van der Waals surface area contributed by atoms with Gasteiger partial charge in [0.1, 0.15) is 5.82 Å². The van der Waals surface area contributed by atoms with E-state index in [9.17, 15) is 4.39 Å². The third-order valence-electron chi connectivity index (χ3n) is 4.71. The van der Waals surface area contributed by atoms with Crippen LogP contribution in [0.3, 0.4) is 0 Å². The molecular formula is C17H28FN3. The summed E-state index contributed by atoms with van der Waals surface area (Å²) in [5.74, 6) is -0.127. The molecule has 0 bridgehead atoms. The van der Waals surface area contributed by atoms with Gasteiger partial charge in [-0.05, 0) is 57.6 Å². The van der Waals surface area contributed by atoms with Gasteiger partial charge < -0.3 is 10.2 Å². The summed E-state index contributed by atoms with van der Waals surface area (Å²) in [4.78, 5) is 4.55. The normalized spacial score (nSPS) is 20.7. The second kappa shape index (κ2) is 7.23. The van der Waals surface area contributed by atoms with E-state index >= 15 is 0 Å². The molecule has 0 amide bonds. The van der Waals surface area contributed by atoms with Crippen molar-refractivity contribution in [2.75, 3.05) is 38.6 Å². The highest BCUT2D eigenvalue weighted by molar-refractivity contribution is 5.49. The zero-order valence-corrected chi connectivity index (χ0v) is 13.7. The number of halogens is 1. The molecule has 1 N–H and O–H groups in total. The van der Waals surface area contributed by atoms with Crippen LogP contribution < -0.4 is 10.2 Å². The molecule has 1 aromatic carbocycles. The van der Waals surface area contributed by atoms with Crippen LogP contribution in [0.1, 0.15) is 38.3 Å². The topological polar surface area (TPSA) is 18.5 Å². The largest absolute Gasteiger partial charge is 0.371 e. The first-order valence-electron chi connectivity index (χ1n) is 7.98. The second-order valence-electron chi connectivity index (χ2n) is 6.03. The first kappa shape index (κ1) is 16.2. The molecule has 2 atom stereocenters. The third kappa shape index (κ3) is 3.74. The summed E-state index contributed by atoms with van der Waals surface area (Å²) in [6.45, 7) is 7.39. The molecule has 2 unspecified atom stereocenters. The molecule has 0 spiro atoms. The van der Waals surface area contributed by atoms with Crippen LogP contribution in [-0.4, -0.2) is 44.7 Å². The molecule has 3 nitrogen and oxygen atoms in total. The SMILES string of the molecule is CCN1CCCC1CN(C)c1ccc(C(C)NC)cc1F. The maximum Gasteiger partial charge on any atom is 0.146 e. The minimum atomic E-state index is -0.127. The van der Waals surface area contributed by atoms with E-state index < -0.39 is 0 Å². The van der Waals surface area contributed by atoms with E-state index in [2.05, 4.69) is 22.0 Å². The monoisotopic (exact) mass is 293 g/mol. The Hall–Kier alpha value is -1.13. The number of hydrogen-bond acceptors (Lipinski definition) is 3. The van der Waals surface area contributed by atoms with Gasteiger partial charge in [0, 0.05) is 25.7 Å². The van der Waals surface area contributed by atoms with Gasteiger partial charge in [-0.25, -0.2) is 4.39 Å². The molecule has 2 rings (SSSR count). The van der Waals surface area contributed by atoms with Crippen LogP contribution in [0.4, 0.5) is 10.1 Å². The summed E-state index contributed by atoms with van der Waals surface area (Å²) >= 11 is 0. The molecule has 1 aliphatic rings. The summed E-state index contributed by atoms with van der Waals surface area (Å²) in [7, 11) is 3.88. The molecule has 0 aromatic heterocycles. The van der Waals surface area contributed by atoms with Crippen LogP contribution in [-0.2, 0) is 0 Å². The van der Waals surface area contributed by atoms with E-state index in [1.165, 1.54) is 19.4 Å². The molecule has 1 aromatic rings. The highest BCUT2D eigenvalue weighted by Gasteiger charge is 2.24. The van der Waals surface area contributed by atoms with Crippen molar-refractivity contribution < 1.29 is 4.39 Å². The molecule has 21 heavy (non-hydrogen) atoms. The maximum absolute atomic E-state index is 14.4. The summed E-state index contributed by atoms with van der Waals surface area (Å²) in [5.41, 5.74) is 1.69. The molecule has 0 aliphatic carbocycles. The van der Waals surface area contributed by atoms with Crippen molar-refractivity contribution in [2.24, 2.45) is 0 Å². The lowest BCUT2D eigenvalue weighted by Crippen LogP contribution is -2.39. The van der Waals surface area contributed by atoms with Crippen molar-refractivity contribution in [2.45, 2.75) is 38.8 Å². The van der Waals surface area contributed by atoms with Gasteiger partial charge in [-0.15, -0.1) is 0 Å². The number of nitrogens with one attached hydrogen (secondary N) is 1. The number of hydrogen-bond donors (Lipinski definition) is 1. The lowest BCUT2D eigenvalue weighted by molar-refractivity contribution is 0.270. The van der Waals surface area contributed by atoms with Crippen molar-refractivity contribution in [1.29, 1.82) is 0 Å². The zero-order chi connectivity index (χ0) is 15.4. The van der Waals surface area contributed by atoms with Crippen LogP contribution >= 0.6 is 0 Å². The molecule has 1 aliphatic heterocycles. The minimum absolute atomic E-state index is 0.127. The Balaban J connectivity index is 2.07. The molecular weight excluding hydrogens is 265 g/mol. The lowest BCUT2D eigenvalue weighted by atomic mass is 10.1. The fourth-order valence-corrected chi connectivity index (χ4v) is 3.20. The van der Waals surface area contributed by atoms with Crippen LogP contribution in [0, 0.1) is 5.82 Å². The smallest absolute Gasteiger partial charge is 0.146 e. The average Bonchev–Trinajstić information content (AvgIpc) is 2.93. The van der Waals surface area contributed by atoms with Gasteiger partial charge in [-0.3, -0.25) is 4.90 Å². The van der Waals surface area contributed by atoms with Crippen molar-refractivity contribution in [3.8, 4) is 0 Å². The van der Waals surface area contributed by atoms with Crippen molar-refractivity contribution in [1.82, 2.24) is 10.2 Å². The van der Waals surface area contributed by atoms with E-state index in [0.717, 1.165) is 18.7 Å². The van der Waals surface area contributed by atoms with Gasteiger partial charge in [-0.1, -0.05) is 13.0 Å². The first-order chi connectivity index (χ1) is 10.1. The predicted octanol–water partition coefficient (Wildman–Crippen LogP) is 3.03. The fraction of sp³-hybridized carbons (Fsp3) is 0.647. The number of nitrogens with zero attached hydrogens (tertiary/aromatic N) is 2. The molecule has 0 radical (unpaired) electrons. The van der Waals surface area contributed by atoms with Crippen LogP contribution in [0.25, 0.3) is 0 Å². The van der Waals surface area contributed by atoms with Gasteiger partial charge in [0.25, 0.3) is 0 Å². The molecule has 1 heterocycles. The van der Waals surface area contributed by atoms with E-state index in [1.807, 2.05) is 33.2 Å². The number of likely N-dealkylation sites (tertiary alicyclic amines) is 1. The summed E-state index contributed by atoms with van der Waals surface area (Å²) < 4.78 is 14.4. The van der Waals surface area contributed by atoms with E-state index in [1.54, 1.807) is 6.07 Å². The second-order valence-corrected chi connectivity index (χ2v) is 6.03. The third-order valence-corrected chi connectivity index (χ3v) is 4.71. The summed E-state index contributed by atoms with van der Waals surface area (Å²) in [5, 5.41) is 3.14. The number of rotatable bonds is 6. The summed E-state index contributed by atoms with van der Waals surface area (Å²) in [6.07, 6.45) is 2.47. The first-order valence-corrected chi connectivity index (χ1v) is 7.98. The molecule has 1 saturated heterocycles. The van der Waals surface area contributed by atoms with Crippen LogP contribution in [0.2, 0.25) is 0 Å². The lowest BCUT2D eigenvalue weighted by Gasteiger charge is -2.29. The van der Waals surface area contributed by atoms with Gasteiger partial charge in [0.15, 0.2) is 0 Å². The Bertz CT molecular complexity index is 463. The molecule has 118 valence electrons. The zero-order valence-electron chi connectivity index (χ0n) is 13.7. The van der Waals surface area contributed by atoms with Gasteiger partial charge in [0.2, 0.25) is 0 Å². The molecule has 0 saturated carbocycles. The number of likely N-dealkylation sites (N-methyl/N-ethyl adjacent to an activating group) is 2. The van der Waals surface area contributed by atoms with E-state index in [4.69, 9.17) is 0 Å². The van der Waals surface area contributed by atoms with Crippen LogP contribution in [0.15, 0.2) is 18.2 Å². The highest BCUT2D eigenvalue weighted by atomic mass is 19.1. The Labute approximate surface area is 128 Å². The van der Waals surface area contributed by atoms with Crippen molar-refractivity contribution in [3.63, 3.8) is 0 Å². The summed E-state index contributed by atoms with van der Waals surface area (Å²) in [6, 6.07) is 6.30. The van der Waals surface area contributed by atoms with E-state index in [0.29, 0.717) is 11.7 Å². The quantitative estimate of drug-likeness (QED) is 0.870. The highest BCUT2D eigenvalue weighted by Crippen LogP contribution is 2.25.